The second-order valence-corrected chi connectivity index (χ2v) is 4.83. The van der Waals surface area contributed by atoms with Crippen LogP contribution in [0, 0.1) is 0 Å². The molecule has 0 saturated carbocycles. The van der Waals surface area contributed by atoms with Crippen molar-refractivity contribution in [2.75, 3.05) is 14.2 Å². The van der Waals surface area contributed by atoms with Crippen LogP contribution in [0.25, 0.3) is 10.9 Å². The fraction of sp³-hybridized carbons (Fsp3) is 0.357. The number of halogens is 1. The minimum absolute atomic E-state index is 0.345. The van der Waals surface area contributed by atoms with E-state index < -0.39 is 0 Å². The van der Waals surface area contributed by atoms with E-state index in [0.717, 1.165) is 16.5 Å². The zero-order chi connectivity index (χ0) is 13.3. The maximum Gasteiger partial charge on any atom is 0.217 e. The van der Waals surface area contributed by atoms with E-state index in [1.807, 2.05) is 12.1 Å². The molecule has 0 amide bonds. The van der Waals surface area contributed by atoms with Crippen LogP contribution >= 0.6 is 11.6 Å². The molecule has 2 rings (SSSR count). The Kier molecular flexibility index (Phi) is 3.62. The third-order valence-corrected chi connectivity index (χ3v) is 3.19. The fourth-order valence-electron chi connectivity index (χ4n) is 1.91. The first-order valence-electron chi connectivity index (χ1n) is 5.79. The van der Waals surface area contributed by atoms with Gasteiger partial charge in [0.1, 0.15) is 5.75 Å². The van der Waals surface area contributed by atoms with Crippen molar-refractivity contribution in [1.82, 2.24) is 4.98 Å². The van der Waals surface area contributed by atoms with Crippen LogP contribution in [0.15, 0.2) is 18.2 Å². The first-order valence-corrected chi connectivity index (χ1v) is 6.16. The molecule has 2 aromatic rings. The molecule has 0 aliphatic heterocycles. The molecular formula is C14H16ClNO2. The van der Waals surface area contributed by atoms with Crippen LogP contribution in [0.4, 0.5) is 0 Å². The van der Waals surface area contributed by atoms with Crippen molar-refractivity contribution < 1.29 is 9.47 Å². The van der Waals surface area contributed by atoms with E-state index in [2.05, 4.69) is 24.9 Å². The summed E-state index contributed by atoms with van der Waals surface area (Å²) in [6.45, 7) is 4.22. The summed E-state index contributed by atoms with van der Waals surface area (Å²) in [6, 6.07) is 5.76. The molecule has 1 aromatic heterocycles. The third kappa shape index (κ3) is 2.23. The smallest absolute Gasteiger partial charge is 0.217 e. The molecule has 1 heterocycles. The Morgan fingerprint density at radius 2 is 1.83 bits per heavy atom. The summed E-state index contributed by atoms with van der Waals surface area (Å²) >= 11 is 6.12. The molecule has 18 heavy (non-hydrogen) atoms. The van der Waals surface area contributed by atoms with E-state index in [1.165, 1.54) is 0 Å². The maximum atomic E-state index is 6.12. The van der Waals surface area contributed by atoms with Crippen LogP contribution in [-0.4, -0.2) is 19.2 Å². The van der Waals surface area contributed by atoms with Crippen LogP contribution < -0.4 is 9.47 Å². The van der Waals surface area contributed by atoms with Crippen LogP contribution in [0.5, 0.6) is 11.6 Å². The number of hydrogen-bond donors (Lipinski definition) is 0. The molecule has 0 bridgehead atoms. The van der Waals surface area contributed by atoms with Crippen LogP contribution in [-0.2, 0) is 0 Å². The number of nitrogens with zero attached hydrogens (tertiary/aromatic N) is 1. The number of rotatable bonds is 3. The molecule has 0 fully saturated rings. The molecular weight excluding hydrogens is 250 g/mol. The van der Waals surface area contributed by atoms with Gasteiger partial charge in [0.25, 0.3) is 0 Å². The van der Waals surface area contributed by atoms with Gasteiger partial charge in [-0.2, -0.15) is 0 Å². The van der Waals surface area contributed by atoms with Crippen LogP contribution in [0.1, 0.15) is 25.3 Å². The zero-order valence-electron chi connectivity index (χ0n) is 11.0. The average Bonchev–Trinajstić information content (AvgIpc) is 2.36. The molecule has 96 valence electrons. The van der Waals surface area contributed by atoms with E-state index >= 15 is 0 Å². The van der Waals surface area contributed by atoms with E-state index in [4.69, 9.17) is 21.1 Å². The Balaban J connectivity index is 2.71. The maximum absolute atomic E-state index is 6.12. The number of ether oxygens (including phenoxy) is 2. The summed E-state index contributed by atoms with van der Waals surface area (Å²) in [5.74, 6) is 1.62. The SMILES string of the molecule is COc1cc2nc(OC)c(C(C)C)cc2cc1Cl. The highest BCUT2D eigenvalue weighted by molar-refractivity contribution is 6.32. The first-order chi connectivity index (χ1) is 8.56. The van der Waals surface area contributed by atoms with Gasteiger partial charge in [-0.1, -0.05) is 25.4 Å². The normalized spacial score (nSPS) is 11.0. The zero-order valence-corrected chi connectivity index (χ0v) is 11.7. The Morgan fingerprint density at radius 3 is 2.39 bits per heavy atom. The highest BCUT2D eigenvalue weighted by atomic mass is 35.5. The summed E-state index contributed by atoms with van der Waals surface area (Å²) in [6.07, 6.45) is 0. The quantitative estimate of drug-likeness (QED) is 0.840. The third-order valence-electron chi connectivity index (χ3n) is 2.90. The number of hydrogen-bond acceptors (Lipinski definition) is 3. The summed E-state index contributed by atoms with van der Waals surface area (Å²) in [7, 11) is 3.22. The van der Waals surface area contributed by atoms with Gasteiger partial charge in [0.2, 0.25) is 5.88 Å². The van der Waals surface area contributed by atoms with Gasteiger partial charge < -0.3 is 9.47 Å². The second kappa shape index (κ2) is 5.02. The van der Waals surface area contributed by atoms with Gasteiger partial charge in [-0.3, -0.25) is 0 Å². The number of fused-ring (bicyclic) bond motifs is 1. The predicted octanol–water partition coefficient (Wildman–Crippen LogP) is 4.03. The topological polar surface area (TPSA) is 31.4 Å². The number of methoxy groups -OCH3 is 2. The predicted molar refractivity (Wildman–Crippen MR) is 73.9 cm³/mol. The molecule has 0 aliphatic rings. The van der Waals surface area contributed by atoms with E-state index in [1.54, 1.807) is 14.2 Å². The van der Waals surface area contributed by atoms with E-state index in [0.29, 0.717) is 22.6 Å². The van der Waals surface area contributed by atoms with Gasteiger partial charge in [-0.25, -0.2) is 4.98 Å². The minimum atomic E-state index is 0.345. The molecule has 0 radical (unpaired) electrons. The Hall–Kier alpha value is -1.48. The van der Waals surface area contributed by atoms with Gasteiger partial charge in [0, 0.05) is 17.0 Å². The van der Waals surface area contributed by atoms with Crippen molar-refractivity contribution in [3.05, 3.63) is 28.8 Å². The lowest BCUT2D eigenvalue weighted by atomic mass is 10.0. The Bertz CT molecular complexity index is 582. The molecule has 0 atom stereocenters. The lowest BCUT2D eigenvalue weighted by molar-refractivity contribution is 0.392. The number of aromatic nitrogens is 1. The monoisotopic (exact) mass is 265 g/mol. The van der Waals surface area contributed by atoms with Crippen LogP contribution in [0.3, 0.4) is 0 Å². The number of benzene rings is 1. The van der Waals surface area contributed by atoms with Crippen molar-refractivity contribution in [1.29, 1.82) is 0 Å². The Morgan fingerprint density at radius 1 is 1.11 bits per heavy atom. The lowest BCUT2D eigenvalue weighted by Gasteiger charge is -2.13. The highest BCUT2D eigenvalue weighted by Crippen LogP contribution is 2.33. The number of pyridine rings is 1. The standard InChI is InChI=1S/C14H16ClNO2/c1-8(2)10-5-9-6-11(15)13(17-3)7-12(9)16-14(10)18-4/h5-8H,1-4H3. The molecule has 0 unspecified atom stereocenters. The fourth-order valence-corrected chi connectivity index (χ4v) is 2.16. The summed E-state index contributed by atoms with van der Waals surface area (Å²) in [4.78, 5) is 4.50. The highest BCUT2D eigenvalue weighted by Gasteiger charge is 2.12. The first kappa shape index (κ1) is 13.0. The molecule has 0 spiro atoms. The van der Waals surface area contributed by atoms with Crippen molar-refractivity contribution in [2.24, 2.45) is 0 Å². The van der Waals surface area contributed by atoms with Crippen molar-refractivity contribution in [2.45, 2.75) is 19.8 Å². The van der Waals surface area contributed by atoms with Crippen molar-refractivity contribution in [3.63, 3.8) is 0 Å². The Labute approximate surface area is 112 Å². The van der Waals surface area contributed by atoms with E-state index in [-0.39, 0.29) is 0 Å². The summed E-state index contributed by atoms with van der Waals surface area (Å²) < 4.78 is 10.5. The molecule has 0 N–H and O–H groups in total. The lowest BCUT2D eigenvalue weighted by Crippen LogP contribution is -1.98. The molecule has 1 aromatic carbocycles. The summed E-state index contributed by atoms with van der Waals surface area (Å²) in [5.41, 5.74) is 1.89. The van der Waals surface area contributed by atoms with Gasteiger partial charge in [0.05, 0.1) is 24.8 Å². The summed E-state index contributed by atoms with van der Waals surface area (Å²) in [5, 5.41) is 1.58. The van der Waals surface area contributed by atoms with Crippen molar-refractivity contribution >= 4 is 22.5 Å². The molecule has 3 nitrogen and oxygen atoms in total. The molecule has 0 aliphatic carbocycles. The van der Waals surface area contributed by atoms with Gasteiger partial charge in [0.15, 0.2) is 0 Å². The average molecular weight is 266 g/mol. The van der Waals surface area contributed by atoms with Gasteiger partial charge in [-0.05, 0) is 18.1 Å². The molecule has 4 heteroatoms. The van der Waals surface area contributed by atoms with Crippen LogP contribution in [0.2, 0.25) is 5.02 Å². The van der Waals surface area contributed by atoms with Gasteiger partial charge in [-0.15, -0.1) is 0 Å². The molecule has 0 saturated heterocycles. The largest absolute Gasteiger partial charge is 0.495 e. The minimum Gasteiger partial charge on any atom is -0.495 e. The second-order valence-electron chi connectivity index (χ2n) is 4.42. The van der Waals surface area contributed by atoms with E-state index in [9.17, 15) is 0 Å². The van der Waals surface area contributed by atoms with Gasteiger partial charge >= 0.3 is 0 Å². The van der Waals surface area contributed by atoms with Crippen molar-refractivity contribution in [3.8, 4) is 11.6 Å².